The minimum absolute atomic E-state index is 0.179. The molecule has 0 spiro atoms. The van der Waals surface area contributed by atoms with E-state index in [1.807, 2.05) is 6.92 Å². The lowest BCUT2D eigenvalue weighted by Crippen LogP contribution is -2.28. The molecule has 1 aliphatic heterocycles. The van der Waals surface area contributed by atoms with Crippen LogP contribution in [-0.2, 0) is 6.42 Å². The van der Waals surface area contributed by atoms with Gasteiger partial charge in [-0.1, -0.05) is 6.92 Å². The first-order valence-electron chi connectivity index (χ1n) is 6.05. The van der Waals surface area contributed by atoms with Gasteiger partial charge in [0.1, 0.15) is 0 Å². The maximum Gasteiger partial charge on any atom is 0.0931 e. The highest BCUT2D eigenvalue weighted by Crippen LogP contribution is 2.23. The predicted octanol–water partition coefficient (Wildman–Crippen LogP) is 1.78. The zero-order valence-corrected chi connectivity index (χ0v) is 10.6. The van der Waals surface area contributed by atoms with Gasteiger partial charge in [0.05, 0.1) is 17.3 Å². The van der Waals surface area contributed by atoms with E-state index in [0.29, 0.717) is 0 Å². The fraction of sp³-hybridized carbons (Fsp3) is 0.750. The van der Waals surface area contributed by atoms with Gasteiger partial charge >= 0.3 is 0 Å². The minimum Gasteiger partial charge on any atom is -0.396 e. The second kappa shape index (κ2) is 5.75. The topological polar surface area (TPSA) is 45.1 Å². The molecule has 1 fully saturated rings. The van der Waals surface area contributed by atoms with Gasteiger partial charge in [0.15, 0.2) is 0 Å². The number of aliphatic hydroxyl groups is 1. The van der Waals surface area contributed by atoms with Gasteiger partial charge in [-0.3, -0.25) is 0 Å². The third-order valence-corrected chi connectivity index (χ3v) is 4.16. The number of nitrogens with zero attached hydrogens (tertiary/aromatic N) is 1. The average molecular weight is 240 g/mol. The average Bonchev–Trinajstić information content (AvgIpc) is 2.78. The van der Waals surface area contributed by atoms with E-state index >= 15 is 0 Å². The van der Waals surface area contributed by atoms with E-state index < -0.39 is 0 Å². The molecule has 90 valence electrons. The van der Waals surface area contributed by atoms with Gasteiger partial charge < -0.3 is 10.4 Å². The lowest BCUT2D eigenvalue weighted by Gasteiger charge is -2.21. The van der Waals surface area contributed by atoms with Crippen molar-refractivity contribution in [2.24, 2.45) is 5.92 Å². The summed E-state index contributed by atoms with van der Waals surface area (Å²) in [5.41, 5.74) is 1.05. The molecule has 2 rings (SSSR count). The summed E-state index contributed by atoms with van der Waals surface area (Å²) in [6.45, 7) is 4.51. The van der Waals surface area contributed by atoms with Crippen LogP contribution < -0.4 is 5.32 Å². The lowest BCUT2D eigenvalue weighted by atomic mass is 9.95. The molecule has 4 heteroatoms. The van der Waals surface area contributed by atoms with Gasteiger partial charge in [0.2, 0.25) is 0 Å². The molecule has 3 nitrogen and oxygen atoms in total. The van der Waals surface area contributed by atoms with Crippen LogP contribution in [0.1, 0.15) is 36.4 Å². The summed E-state index contributed by atoms with van der Waals surface area (Å²) in [5, 5.41) is 15.8. The van der Waals surface area contributed by atoms with Crippen molar-refractivity contribution in [1.29, 1.82) is 0 Å². The Bertz CT molecular complexity index is 321. The number of thiazole rings is 1. The van der Waals surface area contributed by atoms with Crippen molar-refractivity contribution in [3.63, 3.8) is 0 Å². The van der Waals surface area contributed by atoms with Crippen LogP contribution in [0, 0.1) is 5.92 Å². The number of hydrogen-bond acceptors (Lipinski definition) is 4. The Morgan fingerprint density at radius 1 is 1.56 bits per heavy atom. The molecule has 1 aromatic heterocycles. The van der Waals surface area contributed by atoms with Gasteiger partial charge in [0.25, 0.3) is 0 Å². The van der Waals surface area contributed by atoms with Gasteiger partial charge in [-0.2, -0.15) is 0 Å². The first-order valence-corrected chi connectivity index (χ1v) is 6.93. The molecule has 0 bridgehead atoms. The number of aromatic nitrogens is 1. The van der Waals surface area contributed by atoms with Crippen molar-refractivity contribution in [3.8, 4) is 0 Å². The fourth-order valence-electron chi connectivity index (χ4n) is 2.07. The highest BCUT2D eigenvalue weighted by molar-refractivity contribution is 7.09. The summed E-state index contributed by atoms with van der Waals surface area (Å²) in [6, 6.07) is 0. The van der Waals surface area contributed by atoms with Gasteiger partial charge in [-0.25, -0.2) is 4.98 Å². The van der Waals surface area contributed by atoms with Crippen molar-refractivity contribution < 1.29 is 5.11 Å². The van der Waals surface area contributed by atoms with Gasteiger partial charge in [-0.15, -0.1) is 11.3 Å². The summed E-state index contributed by atoms with van der Waals surface area (Å²) in [6.07, 6.45) is 3.65. The van der Waals surface area contributed by atoms with E-state index in [9.17, 15) is 0 Å². The summed E-state index contributed by atoms with van der Waals surface area (Å²) in [4.78, 5) is 4.61. The predicted molar refractivity (Wildman–Crippen MR) is 66.9 cm³/mol. The van der Waals surface area contributed by atoms with E-state index in [1.165, 1.54) is 17.8 Å². The lowest BCUT2D eigenvalue weighted by molar-refractivity contribution is 0.271. The first kappa shape index (κ1) is 12.0. The third kappa shape index (κ3) is 3.03. The normalized spacial score (nSPS) is 19.9. The summed E-state index contributed by atoms with van der Waals surface area (Å²) < 4.78 is 0. The van der Waals surface area contributed by atoms with Crippen molar-refractivity contribution in [2.75, 3.05) is 19.7 Å². The highest BCUT2D eigenvalue weighted by Gasteiger charge is 2.16. The molecular formula is C12H20N2OS. The summed E-state index contributed by atoms with van der Waals surface area (Å²) >= 11 is 1.74. The van der Waals surface area contributed by atoms with Crippen LogP contribution in [0.3, 0.4) is 0 Å². The van der Waals surface area contributed by atoms with Crippen molar-refractivity contribution in [2.45, 2.75) is 32.1 Å². The molecule has 0 amide bonds. The van der Waals surface area contributed by atoms with Crippen LogP contribution in [0.4, 0.5) is 0 Å². The number of rotatable bonds is 4. The van der Waals surface area contributed by atoms with Crippen LogP contribution in [0.15, 0.2) is 5.38 Å². The Hall–Kier alpha value is -0.450. The second-order valence-electron chi connectivity index (χ2n) is 4.65. The monoisotopic (exact) mass is 240 g/mol. The van der Waals surface area contributed by atoms with E-state index in [2.05, 4.69) is 15.7 Å². The molecule has 1 aliphatic rings. The zero-order chi connectivity index (χ0) is 11.4. The fourth-order valence-corrected chi connectivity index (χ4v) is 3.10. The van der Waals surface area contributed by atoms with Crippen LogP contribution in [0.5, 0.6) is 0 Å². The molecule has 0 radical (unpaired) electrons. The molecule has 0 aromatic carbocycles. The SMILES string of the molecule is CC(CO)c1csc(CC2CCNCC2)n1. The van der Waals surface area contributed by atoms with Crippen molar-refractivity contribution in [1.82, 2.24) is 10.3 Å². The molecule has 0 aliphatic carbocycles. The smallest absolute Gasteiger partial charge is 0.0931 e. The van der Waals surface area contributed by atoms with Crippen LogP contribution >= 0.6 is 11.3 Å². The van der Waals surface area contributed by atoms with Gasteiger partial charge in [0, 0.05) is 17.7 Å². The van der Waals surface area contributed by atoms with E-state index in [1.54, 1.807) is 11.3 Å². The van der Waals surface area contributed by atoms with E-state index in [-0.39, 0.29) is 12.5 Å². The van der Waals surface area contributed by atoms with Gasteiger partial charge in [-0.05, 0) is 31.8 Å². The Morgan fingerprint density at radius 2 is 2.31 bits per heavy atom. The summed E-state index contributed by atoms with van der Waals surface area (Å²) in [7, 11) is 0. The number of piperidine rings is 1. The van der Waals surface area contributed by atoms with Crippen molar-refractivity contribution in [3.05, 3.63) is 16.1 Å². The second-order valence-corrected chi connectivity index (χ2v) is 5.59. The quantitative estimate of drug-likeness (QED) is 0.843. The number of aliphatic hydroxyl groups excluding tert-OH is 1. The molecule has 1 aromatic rings. The van der Waals surface area contributed by atoms with E-state index in [4.69, 9.17) is 5.11 Å². The largest absolute Gasteiger partial charge is 0.396 e. The molecule has 1 unspecified atom stereocenters. The van der Waals surface area contributed by atoms with Crippen molar-refractivity contribution >= 4 is 11.3 Å². The number of hydrogen-bond donors (Lipinski definition) is 2. The maximum absolute atomic E-state index is 9.08. The molecule has 2 heterocycles. The maximum atomic E-state index is 9.08. The zero-order valence-electron chi connectivity index (χ0n) is 9.78. The Balaban J connectivity index is 1.91. The molecule has 2 N–H and O–H groups in total. The van der Waals surface area contributed by atoms with Crippen LogP contribution in [-0.4, -0.2) is 29.8 Å². The summed E-state index contributed by atoms with van der Waals surface area (Å²) in [5.74, 6) is 0.975. The molecule has 16 heavy (non-hydrogen) atoms. The Kier molecular flexibility index (Phi) is 4.32. The number of nitrogens with one attached hydrogen (secondary N) is 1. The standard InChI is InChI=1S/C12H20N2OS/c1-9(7-15)11-8-16-12(14-11)6-10-2-4-13-5-3-10/h8-10,13,15H,2-7H2,1H3. The molecule has 0 saturated carbocycles. The van der Waals surface area contributed by atoms with Crippen LogP contribution in [0.25, 0.3) is 0 Å². The molecule has 1 atom stereocenters. The van der Waals surface area contributed by atoms with Crippen LogP contribution in [0.2, 0.25) is 0 Å². The van der Waals surface area contributed by atoms with E-state index in [0.717, 1.165) is 31.1 Å². The third-order valence-electron chi connectivity index (χ3n) is 3.27. The molecular weight excluding hydrogens is 220 g/mol. The minimum atomic E-state index is 0.179. The Morgan fingerprint density at radius 3 is 3.00 bits per heavy atom. The molecule has 1 saturated heterocycles. The highest BCUT2D eigenvalue weighted by atomic mass is 32.1. The first-order chi connectivity index (χ1) is 7.79. The Labute approximate surface area is 101 Å².